The molecule has 0 bridgehead atoms. The standard InChI is InChI=1S/C18H30O4/c1-4-5-6-7-8-9-13-10-11-18(21-13)12-14-15(22-18)17(2,3)16(19)20-14/h13-15H,4-12H2,1-3H3/t13-,14-,15+,18+/m1/s1. The number of hydrogen-bond donors (Lipinski definition) is 0. The lowest BCUT2D eigenvalue weighted by Gasteiger charge is -2.28. The number of fused-ring (bicyclic) bond motifs is 1. The molecule has 3 aliphatic heterocycles. The van der Waals surface area contributed by atoms with Gasteiger partial charge in [0.15, 0.2) is 5.79 Å². The monoisotopic (exact) mass is 310 g/mol. The third kappa shape index (κ3) is 2.92. The van der Waals surface area contributed by atoms with Crippen LogP contribution in [0.1, 0.15) is 78.6 Å². The van der Waals surface area contributed by atoms with E-state index in [1.54, 1.807) is 0 Å². The second-order valence-electron chi connectivity index (χ2n) is 7.80. The van der Waals surface area contributed by atoms with Gasteiger partial charge in [-0.1, -0.05) is 39.0 Å². The number of carbonyl (C=O) groups is 1. The van der Waals surface area contributed by atoms with Gasteiger partial charge >= 0.3 is 5.97 Å². The fraction of sp³-hybridized carbons (Fsp3) is 0.944. The van der Waals surface area contributed by atoms with Gasteiger partial charge in [-0.25, -0.2) is 0 Å². The quantitative estimate of drug-likeness (QED) is 0.550. The summed E-state index contributed by atoms with van der Waals surface area (Å²) < 4.78 is 18.0. The molecule has 22 heavy (non-hydrogen) atoms. The summed E-state index contributed by atoms with van der Waals surface area (Å²) in [6.45, 7) is 6.07. The SMILES string of the molecule is CCCCCCC[C@@H]1CC[C@]2(C[C@H]3OC(=O)C(C)(C)[C@H]3O2)O1. The van der Waals surface area contributed by atoms with E-state index in [1.165, 1.54) is 32.1 Å². The van der Waals surface area contributed by atoms with Crippen molar-refractivity contribution in [3.05, 3.63) is 0 Å². The third-order valence-corrected chi connectivity index (χ3v) is 5.55. The zero-order valence-corrected chi connectivity index (χ0v) is 14.2. The Morgan fingerprint density at radius 3 is 2.64 bits per heavy atom. The number of ether oxygens (including phenoxy) is 3. The predicted octanol–water partition coefficient (Wildman–Crippen LogP) is 3.96. The van der Waals surface area contributed by atoms with Crippen LogP contribution in [0.3, 0.4) is 0 Å². The maximum Gasteiger partial charge on any atom is 0.314 e. The zero-order chi connectivity index (χ0) is 15.8. The van der Waals surface area contributed by atoms with E-state index in [9.17, 15) is 4.79 Å². The van der Waals surface area contributed by atoms with Crippen LogP contribution in [0.25, 0.3) is 0 Å². The molecule has 126 valence electrons. The molecule has 0 saturated carbocycles. The largest absolute Gasteiger partial charge is 0.459 e. The van der Waals surface area contributed by atoms with E-state index in [2.05, 4.69) is 6.92 Å². The van der Waals surface area contributed by atoms with Crippen LogP contribution < -0.4 is 0 Å². The smallest absolute Gasteiger partial charge is 0.314 e. The summed E-state index contributed by atoms with van der Waals surface area (Å²) in [4.78, 5) is 11.9. The van der Waals surface area contributed by atoms with Crippen molar-refractivity contribution in [2.75, 3.05) is 0 Å². The lowest BCUT2D eigenvalue weighted by molar-refractivity contribution is -0.228. The molecule has 1 spiro atoms. The summed E-state index contributed by atoms with van der Waals surface area (Å²) in [6, 6.07) is 0. The van der Waals surface area contributed by atoms with Gasteiger partial charge in [0.2, 0.25) is 0 Å². The van der Waals surface area contributed by atoms with Gasteiger partial charge < -0.3 is 14.2 Å². The fourth-order valence-electron chi connectivity index (χ4n) is 4.11. The van der Waals surface area contributed by atoms with Crippen molar-refractivity contribution in [2.24, 2.45) is 5.41 Å². The maximum absolute atomic E-state index is 11.9. The van der Waals surface area contributed by atoms with E-state index >= 15 is 0 Å². The molecule has 0 amide bonds. The Labute approximate surface area is 133 Å². The minimum atomic E-state index is -0.546. The van der Waals surface area contributed by atoms with Crippen molar-refractivity contribution < 1.29 is 19.0 Å². The van der Waals surface area contributed by atoms with Crippen LogP contribution in [-0.4, -0.2) is 30.1 Å². The van der Waals surface area contributed by atoms with Crippen molar-refractivity contribution in [2.45, 2.75) is 103 Å². The number of carbonyl (C=O) groups excluding carboxylic acids is 1. The van der Waals surface area contributed by atoms with Crippen LogP contribution in [-0.2, 0) is 19.0 Å². The highest BCUT2D eigenvalue weighted by molar-refractivity contribution is 5.79. The molecule has 4 nitrogen and oxygen atoms in total. The Bertz CT molecular complexity index is 419. The Morgan fingerprint density at radius 2 is 1.91 bits per heavy atom. The summed E-state index contributed by atoms with van der Waals surface area (Å²) in [5, 5.41) is 0. The average molecular weight is 310 g/mol. The molecule has 0 aliphatic carbocycles. The highest BCUT2D eigenvalue weighted by Gasteiger charge is 2.63. The molecule has 0 radical (unpaired) electrons. The molecular formula is C18H30O4. The van der Waals surface area contributed by atoms with Crippen LogP contribution in [0.5, 0.6) is 0 Å². The van der Waals surface area contributed by atoms with Gasteiger partial charge in [-0.15, -0.1) is 0 Å². The van der Waals surface area contributed by atoms with Gasteiger partial charge in [-0.3, -0.25) is 4.79 Å². The van der Waals surface area contributed by atoms with E-state index < -0.39 is 11.2 Å². The second kappa shape index (κ2) is 6.12. The van der Waals surface area contributed by atoms with E-state index in [0.29, 0.717) is 12.5 Å². The first-order chi connectivity index (χ1) is 10.5. The first-order valence-corrected chi connectivity index (χ1v) is 9.03. The van der Waals surface area contributed by atoms with Gasteiger partial charge in [-0.2, -0.15) is 0 Å². The second-order valence-corrected chi connectivity index (χ2v) is 7.80. The van der Waals surface area contributed by atoms with Crippen molar-refractivity contribution in [3.8, 4) is 0 Å². The van der Waals surface area contributed by atoms with Crippen LogP contribution in [0.4, 0.5) is 0 Å². The minimum Gasteiger partial charge on any atom is -0.459 e. The van der Waals surface area contributed by atoms with Crippen molar-refractivity contribution >= 4 is 5.97 Å². The highest BCUT2D eigenvalue weighted by Crippen LogP contribution is 2.51. The third-order valence-electron chi connectivity index (χ3n) is 5.55. The Kier molecular flexibility index (Phi) is 4.52. The summed E-state index contributed by atoms with van der Waals surface area (Å²) in [5.74, 6) is -0.621. The molecule has 3 saturated heterocycles. The van der Waals surface area contributed by atoms with Crippen molar-refractivity contribution in [1.29, 1.82) is 0 Å². The summed E-state index contributed by atoms with van der Waals surface area (Å²) >= 11 is 0. The fourth-order valence-corrected chi connectivity index (χ4v) is 4.11. The molecule has 0 unspecified atom stereocenters. The predicted molar refractivity (Wildman–Crippen MR) is 83.4 cm³/mol. The van der Waals surface area contributed by atoms with Gasteiger partial charge in [0.05, 0.1) is 11.5 Å². The number of rotatable bonds is 6. The van der Waals surface area contributed by atoms with Crippen LogP contribution >= 0.6 is 0 Å². The minimum absolute atomic E-state index is 0.120. The molecule has 3 rings (SSSR count). The molecule has 0 aromatic carbocycles. The first-order valence-electron chi connectivity index (χ1n) is 9.03. The molecular weight excluding hydrogens is 280 g/mol. The van der Waals surface area contributed by atoms with E-state index in [4.69, 9.17) is 14.2 Å². The molecule has 3 aliphatic rings. The maximum atomic E-state index is 11.9. The Morgan fingerprint density at radius 1 is 1.14 bits per heavy atom. The summed E-state index contributed by atoms with van der Waals surface area (Å²) in [7, 11) is 0. The lowest BCUT2D eigenvalue weighted by atomic mass is 9.87. The molecule has 0 N–H and O–H groups in total. The molecule has 4 atom stereocenters. The molecule has 0 aromatic heterocycles. The Hall–Kier alpha value is -0.610. The molecule has 0 aromatic rings. The number of esters is 1. The molecule has 3 fully saturated rings. The van der Waals surface area contributed by atoms with Gasteiger partial charge in [0, 0.05) is 12.8 Å². The lowest BCUT2D eigenvalue weighted by Crippen LogP contribution is -2.37. The van der Waals surface area contributed by atoms with Gasteiger partial charge in [-0.05, 0) is 26.7 Å². The summed E-state index contributed by atoms with van der Waals surface area (Å²) in [5.41, 5.74) is -0.546. The average Bonchev–Trinajstić information content (AvgIpc) is 3.08. The highest BCUT2D eigenvalue weighted by atomic mass is 16.7. The van der Waals surface area contributed by atoms with Crippen molar-refractivity contribution in [1.82, 2.24) is 0 Å². The number of unbranched alkanes of at least 4 members (excludes halogenated alkanes) is 4. The van der Waals surface area contributed by atoms with Crippen LogP contribution in [0, 0.1) is 5.41 Å². The molecule has 3 heterocycles. The van der Waals surface area contributed by atoms with E-state index in [0.717, 1.165) is 19.3 Å². The normalized spacial score (nSPS) is 39.4. The summed E-state index contributed by atoms with van der Waals surface area (Å²) in [6.07, 6.45) is 10.4. The topological polar surface area (TPSA) is 44.8 Å². The molecule has 4 heteroatoms. The zero-order valence-electron chi connectivity index (χ0n) is 14.2. The van der Waals surface area contributed by atoms with E-state index in [1.807, 2.05) is 13.8 Å². The van der Waals surface area contributed by atoms with E-state index in [-0.39, 0.29) is 18.2 Å². The van der Waals surface area contributed by atoms with Gasteiger partial charge in [0.25, 0.3) is 0 Å². The van der Waals surface area contributed by atoms with Gasteiger partial charge in [0.1, 0.15) is 12.2 Å². The number of hydrogen-bond acceptors (Lipinski definition) is 4. The van der Waals surface area contributed by atoms with Crippen LogP contribution in [0.15, 0.2) is 0 Å². The Balaban J connectivity index is 1.48. The van der Waals surface area contributed by atoms with Crippen LogP contribution in [0.2, 0.25) is 0 Å². The van der Waals surface area contributed by atoms with Crippen molar-refractivity contribution in [3.63, 3.8) is 0 Å². The first kappa shape index (κ1) is 16.3.